The largest absolute Gasteiger partial charge is 0.464 e. The molecule has 208 valence electrons. The minimum Gasteiger partial charge on any atom is -0.464 e. The van der Waals surface area contributed by atoms with E-state index in [4.69, 9.17) is 9.47 Å². The van der Waals surface area contributed by atoms with Gasteiger partial charge in [-0.05, 0) is 78.7 Å². The summed E-state index contributed by atoms with van der Waals surface area (Å²) in [5, 5.41) is 14.2. The van der Waals surface area contributed by atoms with Crippen LogP contribution in [-0.4, -0.2) is 47.0 Å². The molecule has 5 aromatic rings. The number of ether oxygens (including phenoxy) is 2. The monoisotopic (exact) mass is 550 g/mol. The van der Waals surface area contributed by atoms with E-state index in [2.05, 4.69) is 52.1 Å². The molecule has 0 radical (unpaired) electrons. The molecule has 0 unspecified atom stereocenters. The molecule has 0 aliphatic rings. The molecule has 0 atom stereocenters. The Morgan fingerprint density at radius 3 is 2.24 bits per heavy atom. The zero-order chi connectivity index (χ0) is 29.1. The second kappa shape index (κ2) is 11.1. The topological polar surface area (TPSA) is 112 Å². The van der Waals surface area contributed by atoms with E-state index < -0.39 is 23.6 Å². The SMILES string of the molecule is COC(=O)c1cc(-c2ccc3ccc4ccccc4c3c2)n(-c2ccc(NC(=O)CNC(=O)OC(C)(C)C)cc2)n1. The summed E-state index contributed by atoms with van der Waals surface area (Å²) in [6.45, 7) is 5.00. The molecule has 1 aromatic heterocycles. The third kappa shape index (κ3) is 6.19. The molecule has 4 aromatic carbocycles. The van der Waals surface area contributed by atoms with Crippen molar-refractivity contribution >= 4 is 45.2 Å². The van der Waals surface area contributed by atoms with Gasteiger partial charge in [0.15, 0.2) is 5.69 Å². The third-order valence-electron chi connectivity index (χ3n) is 6.33. The molecule has 2 amide bonds. The van der Waals surface area contributed by atoms with Crippen molar-refractivity contribution in [2.24, 2.45) is 0 Å². The van der Waals surface area contributed by atoms with Crippen LogP contribution < -0.4 is 10.6 Å². The minimum absolute atomic E-state index is 0.172. The van der Waals surface area contributed by atoms with E-state index in [1.807, 2.05) is 18.2 Å². The summed E-state index contributed by atoms with van der Waals surface area (Å²) in [5.41, 5.74) is 2.31. The minimum atomic E-state index is -0.669. The average Bonchev–Trinajstić information content (AvgIpc) is 3.40. The molecule has 0 aliphatic carbocycles. The molecule has 9 heteroatoms. The highest BCUT2D eigenvalue weighted by molar-refractivity contribution is 6.08. The van der Waals surface area contributed by atoms with Gasteiger partial charge in [0.2, 0.25) is 5.91 Å². The average molecular weight is 551 g/mol. The normalized spacial score (nSPS) is 11.3. The number of carbonyl (C=O) groups is 3. The Morgan fingerprint density at radius 2 is 1.54 bits per heavy atom. The number of nitrogens with zero attached hydrogens (tertiary/aromatic N) is 2. The summed E-state index contributed by atoms with van der Waals surface area (Å²) in [7, 11) is 1.32. The van der Waals surface area contributed by atoms with Crippen LogP contribution in [0.1, 0.15) is 31.3 Å². The van der Waals surface area contributed by atoms with Crippen molar-refractivity contribution in [3.8, 4) is 16.9 Å². The molecule has 0 saturated carbocycles. The van der Waals surface area contributed by atoms with Gasteiger partial charge in [-0.3, -0.25) is 4.79 Å². The molecule has 0 aliphatic heterocycles. The van der Waals surface area contributed by atoms with Gasteiger partial charge in [-0.15, -0.1) is 0 Å². The molecule has 0 fully saturated rings. The number of aromatic nitrogens is 2. The standard InChI is InChI=1S/C32H30N4O5/c1-32(2,3)41-31(39)33-19-29(37)34-23-13-15-24(16-14-23)36-28(18-27(35-36)30(38)40-4)22-12-11-21-10-9-20-7-5-6-8-25(20)26(21)17-22/h5-18H,19H2,1-4H3,(H,33,39)(H,34,37). The predicted molar refractivity (Wildman–Crippen MR) is 158 cm³/mol. The highest BCUT2D eigenvalue weighted by atomic mass is 16.6. The first-order valence-corrected chi connectivity index (χ1v) is 13.1. The van der Waals surface area contributed by atoms with E-state index in [0.717, 1.165) is 27.1 Å². The summed E-state index contributed by atoms with van der Waals surface area (Å²) >= 11 is 0. The zero-order valence-corrected chi connectivity index (χ0v) is 23.2. The summed E-state index contributed by atoms with van der Waals surface area (Å²) in [6, 6.07) is 27.2. The van der Waals surface area contributed by atoms with E-state index in [1.165, 1.54) is 7.11 Å². The van der Waals surface area contributed by atoms with Crippen molar-refractivity contribution in [2.75, 3.05) is 19.0 Å². The number of methoxy groups -OCH3 is 1. The van der Waals surface area contributed by atoms with Gasteiger partial charge in [0.25, 0.3) is 0 Å². The van der Waals surface area contributed by atoms with Crippen LogP contribution in [0.15, 0.2) is 84.9 Å². The molecule has 9 nitrogen and oxygen atoms in total. The Kier molecular flexibility index (Phi) is 7.43. The number of carbonyl (C=O) groups excluding carboxylic acids is 3. The molecule has 0 saturated heterocycles. The number of anilines is 1. The molecule has 41 heavy (non-hydrogen) atoms. The van der Waals surface area contributed by atoms with Gasteiger partial charge < -0.3 is 20.1 Å². The Bertz CT molecular complexity index is 1770. The number of rotatable bonds is 6. The van der Waals surface area contributed by atoms with Crippen molar-refractivity contribution in [3.63, 3.8) is 0 Å². The van der Waals surface area contributed by atoms with Crippen LogP contribution in [0.2, 0.25) is 0 Å². The fourth-order valence-corrected chi connectivity index (χ4v) is 4.51. The van der Waals surface area contributed by atoms with E-state index in [1.54, 1.807) is 55.8 Å². The summed E-state index contributed by atoms with van der Waals surface area (Å²) in [5.74, 6) is -0.947. The van der Waals surface area contributed by atoms with Crippen LogP contribution in [0.25, 0.3) is 38.5 Å². The molecule has 0 spiro atoms. The van der Waals surface area contributed by atoms with Gasteiger partial charge in [-0.25, -0.2) is 14.3 Å². The molecule has 5 rings (SSSR count). The number of alkyl carbamates (subject to hydrolysis) is 1. The number of hydrogen-bond donors (Lipinski definition) is 2. The van der Waals surface area contributed by atoms with E-state index >= 15 is 0 Å². The number of esters is 1. The number of hydrogen-bond acceptors (Lipinski definition) is 6. The molecular weight excluding hydrogens is 520 g/mol. The van der Waals surface area contributed by atoms with Crippen molar-refractivity contribution < 1.29 is 23.9 Å². The van der Waals surface area contributed by atoms with Gasteiger partial charge >= 0.3 is 12.1 Å². The number of nitrogens with one attached hydrogen (secondary N) is 2. The molecular formula is C32H30N4O5. The number of benzene rings is 4. The van der Waals surface area contributed by atoms with Crippen molar-refractivity contribution in [3.05, 3.63) is 90.6 Å². The molecule has 2 N–H and O–H groups in total. The van der Waals surface area contributed by atoms with E-state index in [0.29, 0.717) is 17.1 Å². The second-order valence-electron chi connectivity index (χ2n) is 10.5. The summed E-state index contributed by atoms with van der Waals surface area (Å²) in [4.78, 5) is 36.6. The van der Waals surface area contributed by atoms with Crippen LogP contribution in [-0.2, 0) is 14.3 Å². The maximum absolute atomic E-state index is 12.4. The number of amides is 2. The predicted octanol–water partition coefficient (Wildman–Crippen LogP) is 6.10. The van der Waals surface area contributed by atoms with Gasteiger partial charge in [0.1, 0.15) is 12.1 Å². The van der Waals surface area contributed by atoms with E-state index in [9.17, 15) is 14.4 Å². The fourth-order valence-electron chi connectivity index (χ4n) is 4.51. The lowest BCUT2D eigenvalue weighted by Gasteiger charge is -2.19. The van der Waals surface area contributed by atoms with Crippen LogP contribution in [0.5, 0.6) is 0 Å². The highest BCUT2D eigenvalue weighted by Crippen LogP contribution is 2.32. The smallest absolute Gasteiger partial charge is 0.408 e. The van der Waals surface area contributed by atoms with Crippen molar-refractivity contribution in [2.45, 2.75) is 26.4 Å². The van der Waals surface area contributed by atoms with Crippen LogP contribution >= 0.6 is 0 Å². The Labute approximate surface area is 237 Å². The Morgan fingerprint density at radius 1 is 0.854 bits per heavy atom. The maximum atomic E-state index is 12.4. The van der Waals surface area contributed by atoms with Gasteiger partial charge in [-0.2, -0.15) is 5.10 Å². The fraction of sp³-hybridized carbons (Fsp3) is 0.188. The Hall–Kier alpha value is -5.18. The molecule has 1 heterocycles. The number of fused-ring (bicyclic) bond motifs is 3. The van der Waals surface area contributed by atoms with E-state index in [-0.39, 0.29) is 12.2 Å². The van der Waals surface area contributed by atoms with Gasteiger partial charge in [0.05, 0.1) is 18.5 Å². The van der Waals surface area contributed by atoms with Crippen molar-refractivity contribution in [1.82, 2.24) is 15.1 Å². The lowest BCUT2D eigenvalue weighted by atomic mass is 9.99. The second-order valence-corrected chi connectivity index (χ2v) is 10.5. The Balaban J connectivity index is 1.42. The van der Waals surface area contributed by atoms with Crippen LogP contribution in [0.4, 0.5) is 10.5 Å². The third-order valence-corrected chi connectivity index (χ3v) is 6.33. The summed E-state index contributed by atoms with van der Waals surface area (Å²) in [6.07, 6.45) is -0.669. The van der Waals surface area contributed by atoms with Crippen molar-refractivity contribution in [1.29, 1.82) is 0 Å². The lowest BCUT2D eigenvalue weighted by molar-refractivity contribution is -0.115. The quantitative estimate of drug-likeness (QED) is 0.195. The highest BCUT2D eigenvalue weighted by Gasteiger charge is 2.19. The maximum Gasteiger partial charge on any atom is 0.408 e. The molecule has 0 bridgehead atoms. The first-order chi connectivity index (χ1) is 19.6. The zero-order valence-electron chi connectivity index (χ0n) is 23.2. The van der Waals surface area contributed by atoms with Crippen LogP contribution in [0, 0.1) is 0 Å². The summed E-state index contributed by atoms with van der Waals surface area (Å²) < 4.78 is 11.8. The first kappa shape index (κ1) is 27.4. The lowest BCUT2D eigenvalue weighted by Crippen LogP contribution is -2.37. The van der Waals surface area contributed by atoms with Crippen LogP contribution in [0.3, 0.4) is 0 Å². The van der Waals surface area contributed by atoms with Gasteiger partial charge in [0, 0.05) is 11.3 Å². The van der Waals surface area contributed by atoms with Gasteiger partial charge in [-0.1, -0.05) is 48.5 Å². The first-order valence-electron chi connectivity index (χ1n) is 13.1.